The molecule has 1 atom stereocenters. The van der Waals surface area contributed by atoms with Crippen LogP contribution in [0.3, 0.4) is 0 Å². The van der Waals surface area contributed by atoms with Crippen molar-refractivity contribution in [3.8, 4) is 11.8 Å². The number of rotatable bonds is 3. The van der Waals surface area contributed by atoms with Gasteiger partial charge < -0.3 is 9.47 Å². The Morgan fingerprint density at radius 2 is 2.33 bits per heavy atom. The number of ether oxygens (including phenoxy) is 2. The van der Waals surface area contributed by atoms with Crippen LogP contribution in [-0.4, -0.2) is 18.3 Å². The summed E-state index contributed by atoms with van der Waals surface area (Å²) in [4.78, 5) is 0. The monoisotopic (exact) mass is 265 g/mol. The van der Waals surface area contributed by atoms with Gasteiger partial charge in [0.15, 0.2) is 0 Å². The molecule has 0 radical (unpaired) electrons. The smallest absolute Gasteiger partial charge is 0.138 e. The molecule has 1 unspecified atom stereocenters. The van der Waals surface area contributed by atoms with E-state index < -0.39 is 0 Å². The van der Waals surface area contributed by atoms with Crippen LogP contribution in [-0.2, 0) is 4.74 Å². The van der Waals surface area contributed by atoms with Crippen LogP contribution in [0.1, 0.15) is 32.3 Å². The van der Waals surface area contributed by atoms with Gasteiger partial charge in [-0.05, 0) is 44.9 Å². The molecule has 1 aliphatic rings. The lowest BCUT2D eigenvalue weighted by atomic mass is 10.1. The Labute approximate surface area is 112 Å². The van der Waals surface area contributed by atoms with Gasteiger partial charge in [-0.25, -0.2) is 0 Å². The highest BCUT2D eigenvalue weighted by Gasteiger charge is 2.31. The third-order valence-corrected chi connectivity index (χ3v) is 3.34. The quantitative estimate of drug-likeness (QED) is 0.839. The highest BCUT2D eigenvalue weighted by Crippen LogP contribution is 2.31. The second-order valence-corrected chi connectivity index (χ2v) is 5.51. The van der Waals surface area contributed by atoms with E-state index in [4.69, 9.17) is 26.3 Å². The number of benzene rings is 1. The van der Waals surface area contributed by atoms with Gasteiger partial charge in [-0.15, -0.1) is 0 Å². The van der Waals surface area contributed by atoms with Crippen molar-refractivity contribution in [2.24, 2.45) is 0 Å². The topological polar surface area (TPSA) is 42.2 Å². The largest absolute Gasteiger partial charge is 0.489 e. The van der Waals surface area contributed by atoms with Crippen LogP contribution >= 0.6 is 11.6 Å². The van der Waals surface area contributed by atoms with E-state index in [-0.39, 0.29) is 11.7 Å². The van der Waals surface area contributed by atoms with Crippen molar-refractivity contribution in [1.29, 1.82) is 5.26 Å². The molecule has 0 bridgehead atoms. The van der Waals surface area contributed by atoms with Gasteiger partial charge in [0.2, 0.25) is 0 Å². The van der Waals surface area contributed by atoms with Crippen LogP contribution in [0.5, 0.6) is 5.75 Å². The Bertz CT molecular complexity index is 479. The van der Waals surface area contributed by atoms with Crippen molar-refractivity contribution >= 4 is 11.6 Å². The molecule has 1 aliphatic heterocycles. The van der Waals surface area contributed by atoms with E-state index in [1.165, 1.54) is 0 Å². The molecule has 0 spiro atoms. The summed E-state index contributed by atoms with van der Waals surface area (Å²) in [5.41, 5.74) is 0.480. The van der Waals surface area contributed by atoms with E-state index in [1.54, 1.807) is 18.2 Å². The van der Waals surface area contributed by atoms with Gasteiger partial charge in [0.05, 0.1) is 28.4 Å². The standard InChI is InChI=1S/C14H16ClNO2/c1-14(2)6-5-11(18-14)9-17-13-4-3-10(8-16)7-12(13)15/h3-4,7,11H,5-6,9H2,1-2H3. The van der Waals surface area contributed by atoms with Crippen LogP contribution in [0.15, 0.2) is 18.2 Å². The average molecular weight is 266 g/mol. The van der Waals surface area contributed by atoms with E-state index in [0.717, 1.165) is 12.8 Å². The summed E-state index contributed by atoms with van der Waals surface area (Å²) in [7, 11) is 0. The highest BCUT2D eigenvalue weighted by molar-refractivity contribution is 6.32. The first-order chi connectivity index (χ1) is 8.50. The Hall–Kier alpha value is -1.24. The molecule has 1 aromatic carbocycles. The molecule has 1 saturated heterocycles. The van der Waals surface area contributed by atoms with E-state index in [9.17, 15) is 0 Å². The number of halogens is 1. The average Bonchev–Trinajstić information content (AvgIpc) is 2.67. The van der Waals surface area contributed by atoms with Crippen molar-refractivity contribution in [2.45, 2.75) is 38.4 Å². The molecular weight excluding hydrogens is 250 g/mol. The van der Waals surface area contributed by atoms with E-state index in [2.05, 4.69) is 13.8 Å². The highest BCUT2D eigenvalue weighted by atomic mass is 35.5. The predicted octanol–water partition coefficient (Wildman–Crippen LogP) is 3.55. The molecular formula is C14H16ClNO2. The summed E-state index contributed by atoms with van der Waals surface area (Å²) in [5, 5.41) is 9.21. The zero-order valence-corrected chi connectivity index (χ0v) is 11.3. The first-order valence-electron chi connectivity index (χ1n) is 6.00. The van der Waals surface area contributed by atoms with Crippen LogP contribution in [0.2, 0.25) is 5.02 Å². The third kappa shape index (κ3) is 3.16. The van der Waals surface area contributed by atoms with Gasteiger partial charge in [0, 0.05) is 0 Å². The first kappa shape index (κ1) is 13.2. The molecule has 0 aromatic heterocycles. The van der Waals surface area contributed by atoms with Crippen molar-refractivity contribution in [2.75, 3.05) is 6.61 Å². The Morgan fingerprint density at radius 1 is 1.56 bits per heavy atom. The van der Waals surface area contributed by atoms with Crippen LogP contribution in [0, 0.1) is 11.3 Å². The van der Waals surface area contributed by atoms with Crippen molar-refractivity contribution in [3.05, 3.63) is 28.8 Å². The van der Waals surface area contributed by atoms with Crippen molar-refractivity contribution < 1.29 is 9.47 Å². The van der Waals surface area contributed by atoms with E-state index >= 15 is 0 Å². The second kappa shape index (κ2) is 5.17. The molecule has 18 heavy (non-hydrogen) atoms. The van der Waals surface area contributed by atoms with Crippen LogP contribution in [0.25, 0.3) is 0 Å². The SMILES string of the molecule is CC1(C)CCC(COc2ccc(C#N)cc2Cl)O1. The van der Waals surface area contributed by atoms with E-state index in [0.29, 0.717) is 22.9 Å². The molecule has 96 valence electrons. The zero-order valence-electron chi connectivity index (χ0n) is 10.6. The van der Waals surface area contributed by atoms with Crippen molar-refractivity contribution in [1.82, 2.24) is 0 Å². The van der Waals surface area contributed by atoms with Crippen LogP contribution < -0.4 is 4.74 Å². The minimum Gasteiger partial charge on any atom is -0.489 e. The fourth-order valence-corrected chi connectivity index (χ4v) is 2.30. The lowest BCUT2D eigenvalue weighted by Crippen LogP contribution is -2.23. The Balaban J connectivity index is 1.93. The fourth-order valence-electron chi connectivity index (χ4n) is 2.07. The van der Waals surface area contributed by atoms with Gasteiger partial charge in [-0.3, -0.25) is 0 Å². The molecule has 4 heteroatoms. The molecule has 0 aliphatic carbocycles. The van der Waals surface area contributed by atoms with Crippen molar-refractivity contribution in [3.63, 3.8) is 0 Å². The Morgan fingerprint density at radius 3 is 2.89 bits per heavy atom. The summed E-state index contributed by atoms with van der Waals surface area (Å²) in [6.07, 6.45) is 2.16. The molecule has 1 aromatic rings. The maximum absolute atomic E-state index is 8.74. The molecule has 2 rings (SSSR count). The zero-order chi connectivity index (χ0) is 13.2. The first-order valence-corrected chi connectivity index (χ1v) is 6.38. The number of nitrogens with zero attached hydrogens (tertiary/aromatic N) is 1. The lowest BCUT2D eigenvalue weighted by molar-refractivity contribution is -0.0326. The molecule has 0 saturated carbocycles. The predicted molar refractivity (Wildman–Crippen MR) is 69.8 cm³/mol. The van der Waals surface area contributed by atoms with E-state index in [1.807, 2.05) is 6.07 Å². The number of hydrogen-bond acceptors (Lipinski definition) is 3. The molecule has 1 fully saturated rings. The maximum atomic E-state index is 8.74. The van der Waals surface area contributed by atoms with Gasteiger partial charge in [0.25, 0.3) is 0 Å². The second-order valence-electron chi connectivity index (χ2n) is 5.11. The fraction of sp³-hybridized carbons (Fsp3) is 0.500. The molecule has 1 heterocycles. The summed E-state index contributed by atoms with van der Waals surface area (Å²) < 4.78 is 11.5. The lowest BCUT2D eigenvalue weighted by Gasteiger charge is -2.19. The van der Waals surface area contributed by atoms with Crippen LogP contribution in [0.4, 0.5) is 0 Å². The number of nitriles is 1. The minimum absolute atomic E-state index is 0.0531. The van der Waals surface area contributed by atoms with Gasteiger partial charge in [0.1, 0.15) is 12.4 Å². The minimum atomic E-state index is -0.0531. The summed E-state index contributed by atoms with van der Waals surface area (Å²) in [6.45, 7) is 4.67. The summed E-state index contributed by atoms with van der Waals surface area (Å²) in [6, 6.07) is 7.06. The summed E-state index contributed by atoms with van der Waals surface area (Å²) in [5.74, 6) is 0.601. The molecule has 0 N–H and O–H groups in total. The maximum Gasteiger partial charge on any atom is 0.138 e. The van der Waals surface area contributed by atoms with Gasteiger partial charge in [-0.2, -0.15) is 5.26 Å². The molecule has 3 nitrogen and oxygen atoms in total. The molecule has 0 amide bonds. The Kier molecular flexibility index (Phi) is 3.79. The normalized spacial score (nSPS) is 21.6. The van der Waals surface area contributed by atoms with Gasteiger partial charge in [-0.1, -0.05) is 11.6 Å². The summed E-state index contributed by atoms with van der Waals surface area (Å²) >= 11 is 6.03. The van der Waals surface area contributed by atoms with Gasteiger partial charge >= 0.3 is 0 Å². The third-order valence-electron chi connectivity index (χ3n) is 3.04. The number of hydrogen-bond donors (Lipinski definition) is 0.